The van der Waals surface area contributed by atoms with E-state index in [1.165, 1.54) is 0 Å². The highest BCUT2D eigenvalue weighted by atomic mass is 16.4. The number of aliphatic hydroxyl groups is 1. The lowest BCUT2D eigenvalue weighted by molar-refractivity contribution is -0.156. The molecule has 5 nitrogen and oxygen atoms in total. The molecule has 0 amide bonds. The molecule has 2 heterocycles. The van der Waals surface area contributed by atoms with Crippen LogP contribution in [0.4, 0.5) is 0 Å². The molecule has 0 saturated carbocycles. The average molecular weight is 303 g/mol. The van der Waals surface area contributed by atoms with Crippen molar-refractivity contribution in [3.63, 3.8) is 0 Å². The molecule has 0 spiro atoms. The number of fused-ring (bicyclic) bond motifs is 2. The minimum atomic E-state index is -0.970. The highest BCUT2D eigenvalue weighted by molar-refractivity contribution is 5.96. The molecule has 0 aliphatic carbocycles. The zero-order valence-electron chi connectivity index (χ0n) is 12.6. The Hall–Kier alpha value is -1.72. The summed E-state index contributed by atoms with van der Waals surface area (Å²) >= 11 is 0. The number of hydrogen-bond donors (Lipinski definition) is 2. The van der Waals surface area contributed by atoms with Gasteiger partial charge < -0.3 is 10.2 Å². The number of hydrogen-bond acceptors (Lipinski definition) is 4. The number of ketones is 1. The molecule has 5 heteroatoms. The van der Waals surface area contributed by atoms with E-state index in [1.807, 2.05) is 25.2 Å². The number of carbonyl (C=O) groups excluding carboxylic acids is 1. The van der Waals surface area contributed by atoms with E-state index in [2.05, 4.69) is 4.90 Å². The van der Waals surface area contributed by atoms with Crippen molar-refractivity contribution in [3.8, 4) is 0 Å². The molecule has 1 unspecified atom stereocenters. The fourth-order valence-electron chi connectivity index (χ4n) is 4.19. The van der Waals surface area contributed by atoms with E-state index in [4.69, 9.17) is 0 Å². The average Bonchev–Trinajstić information content (AvgIpc) is 2.79. The van der Waals surface area contributed by atoms with Gasteiger partial charge in [0.15, 0.2) is 5.78 Å². The van der Waals surface area contributed by atoms with Gasteiger partial charge >= 0.3 is 5.97 Å². The molecular formula is C17H21NO4. The van der Waals surface area contributed by atoms with Crippen LogP contribution < -0.4 is 0 Å². The van der Waals surface area contributed by atoms with Crippen molar-refractivity contribution in [3.05, 3.63) is 35.9 Å². The van der Waals surface area contributed by atoms with Crippen LogP contribution in [-0.2, 0) is 4.79 Å². The third kappa shape index (κ3) is 2.44. The van der Waals surface area contributed by atoms with E-state index in [-0.39, 0.29) is 30.2 Å². The van der Waals surface area contributed by atoms with Crippen LogP contribution in [0.2, 0.25) is 0 Å². The zero-order valence-corrected chi connectivity index (χ0v) is 12.6. The lowest BCUT2D eigenvalue weighted by atomic mass is 9.77. The summed E-state index contributed by atoms with van der Waals surface area (Å²) in [6.07, 6.45) is 0.843. The van der Waals surface area contributed by atoms with Crippen LogP contribution in [0, 0.1) is 11.8 Å². The Morgan fingerprint density at radius 3 is 2.45 bits per heavy atom. The van der Waals surface area contributed by atoms with Crippen molar-refractivity contribution >= 4 is 11.8 Å². The van der Waals surface area contributed by atoms with Crippen molar-refractivity contribution in [1.29, 1.82) is 0 Å². The standard InChI is InChI=1S/C17H21NO4/c1-18-12-7-8-13(18)15(17(21)22)16(20)11(12)9-14(19)10-5-3-2-4-6-10/h2-6,11-13,15-16,20H,7-9H2,1H3,(H,21,22)/t11?,12-,13+,15+,16-/m0/s1. The third-order valence-electron chi connectivity index (χ3n) is 5.32. The second kappa shape index (κ2) is 5.82. The number of aliphatic carboxylic acids is 1. The number of benzene rings is 1. The molecule has 1 aromatic rings. The largest absolute Gasteiger partial charge is 0.481 e. The summed E-state index contributed by atoms with van der Waals surface area (Å²) in [5, 5.41) is 20.0. The Bertz CT molecular complexity index is 573. The Balaban J connectivity index is 1.83. The second-order valence-electron chi connectivity index (χ2n) is 6.39. The molecule has 2 fully saturated rings. The summed E-state index contributed by atoms with van der Waals surface area (Å²) in [6.45, 7) is 0. The summed E-state index contributed by atoms with van der Waals surface area (Å²) in [7, 11) is 1.91. The van der Waals surface area contributed by atoms with Gasteiger partial charge in [0.25, 0.3) is 0 Å². The van der Waals surface area contributed by atoms with E-state index in [0.717, 1.165) is 12.8 Å². The molecule has 3 rings (SSSR count). The summed E-state index contributed by atoms with van der Waals surface area (Å²) in [5.74, 6) is -2.13. The second-order valence-corrected chi connectivity index (χ2v) is 6.39. The molecule has 2 aliphatic heterocycles. The van der Waals surface area contributed by atoms with Gasteiger partial charge in [0.05, 0.1) is 12.0 Å². The fraction of sp³-hybridized carbons (Fsp3) is 0.529. The van der Waals surface area contributed by atoms with Gasteiger partial charge in [-0.05, 0) is 19.9 Å². The number of carboxylic acids is 1. The van der Waals surface area contributed by atoms with Crippen LogP contribution in [0.25, 0.3) is 0 Å². The zero-order chi connectivity index (χ0) is 15.9. The first kappa shape index (κ1) is 15.2. The van der Waals surface area contributed by atoms with Crippen LogP contribution in [0.15, 0.2) is 30.3 Å². The van der Waals surface area contributed by atoms with E-state index in [0.29, 0.717) is 5.56 Å². The van der Waals surface area contributed by atoms with Gasteiger partial charge in [-0.25, -0.2) is 0 Å². The van der Waals surface area contributed by atoms with Crippen LogP contribution in [0.5, 0.6) is 0 Å². The van der Waals surface area contributed by atoms with Crippen LogP contribution >= 0.6 is 0 Å². The van der Waals surface area contributed by atoms with Crippen LogP contribution in [-0.4, -0.2) is 52.1 Å². The molecule has 2 bridgehead atoms. The quantitative estimate of drug-likeness (QED) is 0.822. The molecular weight excluding hydrogens is 282 g/mol. The first-order valence-corrected chi connectivity index (χ1v) is 7.71. The first-order valence-electron chi connectivity index (χ1n) is 7.71. The van der Waals surface area contributed by atoms with Crippen molar-refractivity contribution in [2.75, 3.05) is 7.05 Å². The number of nitrogens with zero attached hydrogens (tertiary/aromatic N) is 1. The van der Waals surface area contributed by atoms with Gasteiger partial charge in [0.2, 0.25) is 0 Å². The minimum absolute atomic E-state index is 0.0347. The van der Waals surface area contributed by atoms with Gasteiger partial charge in [-0.1, -0.05) is 30.3 Å². The van der Waals surface area contributed by atoms with Crippen LogP contribution in [0.3, 0.4) is 0 Å². The molecule has 5 atom stereocenters. The van der Waals surface area contributed by atoms with Crippen molar-refractivity contribution in [2.24, 2.45) is 11.8 Å². The Morgan fingerprint density at radius 2 is 1.82 bits per heavy atom. The SMILES string of the molecule is CN1[C@@H]2CC[C@H]1C(CC(=O)c1ccccc1)[C@H](O)[C@@H]2C(=O)O. The predicted molar refractivity (Wildman–Crippen MR) is 80.6 cm³/mol. The Morgan fingerprint density at radius 1 is 1.18 bits per heavy atom. The highest BCUT2D eigenvalue weighted by Crippen LogP contribution is 2.43. The number of aliphatic hydroxyl groups excluding tert-OH is 1. The maximum Gasteiger partial charge on any atom is 0.310 e. The molecule has 118 valence electrons. The molecule has 0 radical (unpaired) electrons. The summed E-state index contributed by atoms with van der Waals surface area (Å²) in [4.78, 5) is 26.0. The molecule has 2 saturated heterocycles. The monoisotopic (exact) mass is 303 g/mol. The normalized spacial score (nSPS) is 34.5. The lowest BCUT2D eigenvalue weighted by Crippen LogP contribution is -2.57. The summed E-state index contributed by atoms with van der Waals surface area (Å²) in [5.41, 5.74) is 0.615. The number of rotatable bonds is 4. The van der Waals surface area contributed by atoms with Gasteiger partial charge in [0, 0.05) is 30.0 Å². The van der Waals surface area contributed by atoms with Crippen molar-refractivity contribution < 1.29 is 19.8 Å². The van der Waals surface area contributed by atoms with Crippen molar-refractivity contribution in [1.82, 2.24) is 4.90 Å². The molecule has 0 aromatic heterocycles. The van der Waals surface area contributed by atoms with Crippen molar-refractivity contribution in [2.45, 2.75) is 37.5 Å². The number of carboxylic acid groups (broad SMARTS) is 1. The minimum Gasteiger partial charge on any atom is -0.481 e. The number of Topliss-reactive ketones (excluding diaryl/α,β-unsaturated/α-hetero) is 1. The number of carbonyl (C=O) groups is 2. The van der Waals surface area contributed by atoms with Gasteiger partial charge in [-0.2, -0.15) is 0 Å². The highest BCUT2D eigenvalue weighted by Gasteiger charge is 2.53. The lowest BCUT2D eigenvalue weighted by Gasteiger charge is -2.44. The van der Waals surface area contributed by atoms with E-state index in [1.54, 1.807) is 12.1 Å². The van der Waals surface area contributed by atoms with Gasteiger partial charge in [-0.3, -0.25) is 14.5 Å². The first-order chi connectivity index (χ1) is 10.5. The molecule has 2 aliphatic rings. The number of piperidine rings is 1. The Labute approximate surface area is 129 Å². The summed E-state index contributed by atoms with van der Waals surface area (Å²) < 4.78 is 0. The summed E-state index contributed by atoms with van der Waals surface area (Å²) in [6, 6.07) is 8.94. The maximum atomic E-state index is 12.4. The van der Waals surface area contributed by atoms with Crippen LogP contribution in [0.1, 0.15) is 29.6 Å². The fourth-order valence-corrected chi connectivity index (χ4v) is 4.19. The third-order valence-corrected chi connectivity index (χ3v) is 5.32. The smallest absolute Gasteiger partial charge is 0.310 e. The molecule has 1 aromatic carbocycles. The Kier molecular flexibility index (Phi) is 4.02. The topological polar surface area (TPSA) is 77.8 Å². The molecule has 22 heavy (non-hydrogen) atoms. The van der Waals surface area contributed by atoms with E-state index >= 15 is 0 Å². The predicted octanol–water partition coefficient (Wildman–Crippen LogP) is 1.41. The maximum absolute atomic E-state index is 12.4. The van der Waals surface area contributed by atoms with E-state index in [9.17, 15) is 19.8 Å². The van der Waals surface area contributed by atoms with E-state index < -0.39 is 18.0 Å². The van der Waals surface area contributed by atoms with Gasteiger partial charge in [0.1, 0.15) is 0 Å². The van der Waals surface area contributed by atoms with Gasteiger partial charge in [-0.15, -0.1) is 0 Å². The molecule has 2 N–H and O–H groups in total.